The highest BCUT2D eigenvalue weighted by molar-refractivity contribution is 7.89. The quantitative estimate of drug-likeness (QED) is 0.772. The molecule has 1 amide bonds. The lowest BCUT2D eigenvalue weighted by Crippen LogP contribution is -2.47. The van der Waals surface area contributed by atoms with E-state index in [1.54, 1.807) is 4.83 Å². The van der Waals surface area contributed by atoms with E-state index in [1.807, 2.05) is 5.43 Å². The van der Waals surface area contributed by atoms with E-state index in [0.717, 1.165) is 24.3 Å². The first kappa shape index (κ1) is 17.8. The van der Waals surface area contributed by atoms with E-state index in [9.17, 15) is 22.0 Å². The van der Waals surface area contributed by atoms with Gasteiger partial charge in [0.05, 0.1) is 0 Å². The van der Waals surface area contributed by atoms with Gasteiger partial charge in [-0.15, -0.1) is 4.83 Å². The van der Waals surface area contributed by atoms with Gasteiger partial charge >= 0.3 is 0 Å². The molecule has 0 saturated heterocycles. The van der Waals surface area contributed by atoms with Crippen molar-refractivity contribution >= 4 is 15.9 Å². The summed E-state index contributed by atoms with van der Waals surface area (Å²) in [4.78, 5) is 13.0. The number of carbonyl (C=O) groups is 1. The highest BCUT2D eigenvalue weighted by Gasteiger charge is 2.21. The van der Waals surface area contributed by atoms with E-state index < -0.39 is 38.6 Å². The van der Waals surface area contributed by atoms with Gasteiger partial charge in [0.25, 0.3) is 15.9 Å². The predicted octanol–water partition coefficient (Wildman–Crippen LogP) is 1.74. The Morgan fingerprint density at radius 2 is 1.71 bits per heavy atom. The van der Waals surface area contributed by atoms with Crippen molar-refractivity contribution in [2.24, 2.45) is 0 Å². The van der Waals surface area contributed by atoms with Crippen molar-refractivity contribution in [2.45, 2.75) is 17.9 Å². The first-order valence-electron chi connectivity index (χ1n) is 6.78. The van der Waals surface area contributed by atoms with Crippen LogP contribution in [-0.4, -0.2) is 20.4 Å². The van der Waals surface area contributed by atoms with Gasteiger partial charge in [0.15, 0.2) is 6.10 Å². The van der Waals surface area contributed by atoms with E-state index in [-0.39, 0.29) is 5.75 Å². The van der Waals surface area contributed by atoms with Gasteiger partial charge in [-0.2, -0.15) is 0 Å². The summed E-state index contributed by atoms with van der Waals surface area (Å²) in [7, 11) is -4.26. The summed E-state index contributed by atoms with van der Waals surface area (Å²) in [5, 5.41) is 0. The monoisotopic (exact) mass is 356 g/mol. The van der Waals surface area contributed by atoms with Crippen molar-refractivity contribution < 1.29 is 26.7 Å². The van der Waals surface area contributed by atoms with Gasteiger partial charge in [-0.05, 0) is 43.3 Å². The van der Waals surface area contributed by atoms with Gasteiger partial charge < -0.3 is 4.74 Å². The Morgan fingerprint density at radius 1 is 1.08 bits per heavy atom. The summed E-state index contributed by atoms with van der Waals surface area (Å²) in [5.74, 6) is -1.98. The van der Waals surface area contributed by atoms with Crippen LogP contribution in [0.15, 0.2) is 53.4 Å². The number of nitrogens with one attached hydrogen (secondary N) is 2. The Hall–Kier alpha value is -2.52. The Kier molecular flexibility index (Phi) is 5.47. The highest BCUT2D eigenvalue weighted by atomic mass is 32.2. The number of rotatable bonds is 6. The first-order chi connectivity index (χ1) is 11.3. The van der Waals surface area contributed by atoms with Gasteiger partial charge in [-0.3, -0.25) is 10.2 Å². The van der Waals surface area contributed by atoms with Gasteiger partial charge in [-0.25, -0.2) is 17.2 Å². The SMILES string of the molecule is C[C@H](Oc1ccc(F)cc1)C(=O)NNS(=O)(=O)c1ccccc1F. The molecule has 0 fully saturated rings. The molecule has 9 heteroatoms. The molecule has 2 aromatic rings. The fourth-order valence-electron chi connectivity index (χ4n) is 1.71. The second-order valence-corrected chi connectivity index (χ2v) is 6.39. The van der Waals surface area contributed by atoms with E-state index >= 15 is 0 Å². The fourth-order valence-corrected chi connectivity index (χ4v) is 2.63. The molecule has 0 aliphatic heterocycles. The molecule has 24 heavy (non-hydrogen) atoms. The van der Waals surface area contributed by atoms with Crippen LogP contribution in [0.4, 0.5) is 8.78 Å². The van der Waals surface area contributed by atoms with Gasteiger partial charge in [0.2, 0.25) is 0 Å². The molecule has 0 aliphatic rings. The Labute approximate surface area is 137 Å². The van der Waals surface area contributed by atoms with Crippen molar-refractivity contribution in [3.8, 4) is 5.75 Å². The lowest BCUT2D eigenvalue weighted by atomic mass is 10.3. The second-order valence-electron chi connectivity index (χ2n) is 4.74. The third kappa shape index (κ3) is 4.49. The minimum Gasteiger partial charge on any atom is -0.481 e. The summed E-state index contributed by atoms with van der Waals surface area (Å²) in [6.45, 7) is 1.37. The number of hydrogen-bond donors (Lipinski definition) is 2. The molecule has 128 valence electrons. The minimum atomic E-state index is -4.26. The lowest BCUT2D eigenvalue weighted by Gasteiger charge is -2.15. The van der Waals surface area contributed by atoms with Gasteiger partial charge in [0.1, 0.15) is 22.3 Å². The summed E-state index contributed by atoms with van der Waals surface area (Å²) in [6.07, 6.45) is -1.07. The third-order valence-corrected chi connectivity index (χ3v) is 4.21. The average molecular weight is 356 g/mol. The summed E-state index contributed by atoms with van der Waals surface area (Å²) >= 11 is 0. The molecule has 0 bridgehead atoms. The Bertz CT molecular complexity index is 826. The zero-order valence-corrected chi connectivity index (χ0v) is 13.3. The lowest BCUT2D eigenvalue weighted by molar-refractivity contribution is -0.127. The molecule has 6 nitrogen and oxygen atoms in total. The topological polar surface area (TPSA) is 84.5 Å². The standard InChI is InChI=1S/C15H14F2N2O4S/c1-10(23-12-8-6-11(16)7-9-12)15(20)18-19-24(21,22)14-5-3-2-4-13(14)17/h2-10,19H,1H3,(H,18,20)/t10-/m0/s1. The van der Waals surface area contributed by atoms with Crippen LogP contribution in [0.25, 0.3) is 0 Å². The maximum atomic E-state index is 13.5. The van der Waals surface area contributed by atoms with E-state index in [0.29, 0.717) is 0 Å². The molecule has 2 N–H and O–H groups in total. The molecule has 0 radical (unpaired) electrons. The van der Waals surface area contributed by atoms with Crippen LogP contribution in [0.1, 0.15) is 6.92 Å². The number of halogens is 2. The van der Waals surface area contributed by atoms with Crippen LogP contribution in [0.3, 0.4) is 0 Å². The molecular weight excluding hydrogens is 342 g/mol. The minimum absolute atomic E-state index is 0.232. The number of hydrazine groups is 1. The number of ether oxygens (including phenoxy) is 1. The van der Waals surface area contributed by atoms with E-state index in [2.05, 4.69) is 0 Å². The van der Waals surface area contributed by atoms with Crippen molar-refractivity contribution in [1.29, 1.82) is 0 Å². The van der Waals surface area contributed by atoms with Crippen LogP contribution in [0.2, 0.25) is 0 Å². The number of carbonyl (C=O) groups excluding carboxylic acids is 1. The van der Waals surface area contributed by atoms with Crippen LogP contribution < -0.4 is 15.0 Å². The van der Waals surface area contributed by atoms with Gasteiger partial charge in [0, 0.05) is 0 Å². The van der Waals surface area contributed by atoms with Crippen molar-refractivity contribution in [1.82, 2.24) is 10.3 Å². The molecule has 0 unspecified atom stereocenters. The molecule has 1 atom stereocenters. The molecule has 0 saturated carbocycles. The molecule has 2 aromatic carbocycles. The summed E-state index contributed by atoms with van der Waals surface area (Å²) < 4.78 is 55.4. The highest BCUT2D eigenvalue weighted by Crippen LogP contribution is 2.14. The third-order valence-electron chi connectivity index (χ3n) is 2.93. The van der Waals surface area contributed by atoms with Crippen LogP contribution in [-0.2, 0) is 14.8 Å². The Morgan fingerprint density at radius 3 is 2.33 bits per heavy atom. The van der Waals surface area contributed by atoms with Crippen LogP contribution in [0, 0.1) is 11.6 Å². The fraction of sp³-hybridized carbons (Fsp3) is 0.133. The van der Waals surface area contributed by atoms with Gasteiger partial charge in [-0.1, -0.05) is 12.1 Å². The Balaban J connectivity index is 1.97. The number of benzene rings is 2. The predicted molar refractivity (Wildman–Crippen MR) is 81.4 cm³/mol. The van der Waals surface area contributed by atoms with Crippen molar-refractivity contribution in [3.05, 3.63) is 60.2 Å². The maximum absolute atomic E-state index is 13.5. The number of amides is 1. The first-order valence-corrected chi connectivity index (χ1v) is 8.26. The van der Waals surface area contributed by atoms with E-state index in [1.165, 1.54) is 31.2 Å². The molecular formula is C15H14F2N2O4S. The molecule has 2 rings (SSSR count). The molecule has 0 aliphatic carbocycles. The molecule has 0 heterocycles. The normalized spacial score (nSPS) is 12.5. The van der Waals surface area contributed by atoms with Crippen molar-refractivity contribution in [2.75, 3.05) is 0 Å². The summed E-state index contributed by atoms with van der Waals surface area (Å²) in [6, 6.07) is 9.68. The number of sulfonamides is 1. The molecule has 0 aromatic heterocycles. The zero-order chi connectivity index (χ0) is 17.7. The number of hydrogen-bond acceptors (Lipinski definition) is 4. The second kappa shape index (κ2) is 7.37. The smallest absolute Gasteiger partial charge is 0.275 e. The van der Waals surface area contributed by atoms with Crippen LogP contribution in [0.5, 0.6) is 5.75 Å². The zero-order valence-electron chi connectivity index (χ0n) is 12.5. The summed E-state index contributed by atoms with van der Waals surface area (Å²) in [5.41, 5.74) is 1.94. The maximum Gasteiger partial charge on any atom is 0.275 e. The molecule has 0 spiro atoms. The van der Waals surface area contributed by atoms with Crippen LogP contribution >= 0.6 is 0 Å². The van der Waals surface area contributed by atoms with E-state index in [4.69, 9.17) is 4.74 Å². The largest absolute Gasteiger partial charge is 0.481 e. The van der Waals surface area contributed by atoms with Crippen molar-refractivity contribution in [3.63, 3.8) is 0 Å². The average Bonchev–Trinajstić information content (AvgIpc) is 2.55.